The highest BCUT2D eigenvalue weighted by Crippen LogP contribution is 2.28. The average Bonchev–Trinajstić information content (AvgIpc) is 2.41. The summed E-state index contributed by atoms with van der Waals surface area (Å²) in [4.78, 5) is 29.6. The van der Waals surface area contributed by atoms with E-state index < -0.39 is 17.8 Å². The van der Waals surface area contributed by atoms with Crippen LogP contribution < -0.4 is 10.5 Å². The Morgan fingerprint density at radius 3 is 2.14 bits per heavy atom. The van der Waals surface area contributed by atoms with E-state index in [1.165, 1.54) is 7.11 Å². The van der Waals surface area contributed by atoms with Gasteiger partial charge >= 0.3 is 17.8 Å². The highest BCUT2D eigenvalue weighted by atomic mass is 79.9. The first-order valence-corrected chi connectivity index (χ1v) is 6.66. The molecule has 0 unspecified atom stereocenters. The minimum atomic E-state index is -1.60. The molecule has 1 rings (SSSR count). The minimum absolute atomic E-state index is 0.308. The number of benzene rings is 1. The lowest BCUT2D eigenvalue weighted by atomic mass is 10.0. The molecule has 0 spiro atoms. The Bertz CT molecular complexity index is 532. The van der Waals surface area contributed by atoms with Crippen LogP contribution in [-0.2, 0) is 16.0 Å². The van der Waals surface area contributed by atoms with Gasteiger partial charge in [0.05, 0.1) is 12.7 Å². The number of rotatable bonds is 4. The Morgan fingerprint density at radius 2 is 1.81 bits per heavy atom. The number of hydrogen-bond donors (Lipinski definition) is 3. The number of carboxylic acid groups (broad SMARTS) is 2. The first-order chi connectivity index (χ1) is 9.74. The number of hydrogen-bond acceptors (Lipinski definition) is 4. The standard InChI is InChI=1S/C11H13BrO3.C2H3NO3/c1-3-4-8-9(11(13)14)5-7(15-2)6-10(8)12;3-1(4)2(5)6/h5-6H,3-4H2,1-2H3,(H,13,14);(H2,3,4)(H,5,6). The predicted octanol–water partition coefficient (Wildman–Crippen LogP) is 1.66. The molecule has 4 N–H and O–H groups in total. The lowest BCUT2D eigenvalue weighted by Crippen LogP contribution is -2.21. The first-order valence-electron chi connectivity index (χ1n) is 5.86. The van der Waals surface area contributed by atoms with Crippen LogP contribution >= 0.6 is 15.9 Å². The zero-order valence-electron chi connectivity index (χ0n) is 11.6. The van der Waals surface area contributed by atoms with Crippen molar-refractivity contribution in [3.05, 3.63) is 27.7 Å². The molecule has 0 heterocycles. The van der Waals surface area contributed by atoms with E-state index in [0.29, 0.717) is 11.3 Å². The Hall–Kier alpha value is -2.09. The highest BCUT2D eigenvalue weighted by molar-refractivity contribution is 9.10. The third kappa shape index (κ3) is 6.26. The number of nitrogens with two attached hydrogens (primary N) is 1. The van der Waals surface area contributed by atoms with Crippen molar-refractivity contribution in [1.82, 2.24) is 0 Å². The number of methoxy groups -OCH3 is 1. The van der Waals surface area contributed by atoms with Crippen molar-refractivity contribution < 1.29 is 29.3 Å². The molecule has 1 aromatic carbocycles. The highest BCUT2D eigenvalue weighted by Gasteiger charge is 2.14. The van der Waals surface area contributed by atoms with E-state index >= 15 is 0 Å². The fraction of sp³-hybridized carbons (Fsp3) is 0.308. The Balaban J connectivity index is 0.000000567. The number of aliphatic carboxylic acids is 1. The molecule has 0 fully saturated rings. The third-order valence-electron chi connectivity index (χ3n) is 2.35. The number of carbonyl (C=O) groups is 3. The third-order valence-corrected chi connectivity index (χ3v) is 3.05. The van der Waals surface area contributed by atoms with E-state index in [9.17, 15) is 14.4 Å². The number of carbonyl (C=O) groups excluding carboxylic acids is 1. The van der Waals surface area contributed by atoms with Crippen molar-refractivity contribution in [3.63, 3.8) is 0 Å². The number of amides is 1. The molecule has 8 heteroatoms. The van der Waals surface area contributed by atoms with Gasteiger partial charge in [0.2, 0.25) is 0 Å². The van der Waals surface area contributed by atoms with Gasteiger partial charge in [0, 0.05) is 4.47 Å². The molecule has 0 saturated carbocycles. The van der Waals surface area contributed by atoms with Crippen molar-refractivity contribution in [2.24, 2.45) is 5.73 Å². The molecule has 7 nitrogen and oxygen atoms in total. The zero-order valence-corrected chi connectivity index (χ0v) is 13.1. The molecular formula is C13H16BrNO6. The first kappa shape index (κ1) is 18.9. The minimum Gasteiger partial charge on any atom is -0.497 e. The smallest absolute Gasteiger partial charge is 0.394 e. The molecule has 1 amide bonds. The lowest BCUT2D eigenvalue weighted by Gasteiger charge is -2.10. The van der Waals surface area contributed by atoms with Gasteiger partial charge in [-0.15, -0.1) is 0 Å². The molecule has 0 aliphatic heterocycles. The van der Waals surface area contributed by atoms with Crippen LogP contribution in [-0.4, -0.2) is 35.2 Å². The van der Waals surface area contributed by atoms with E-state index in [0.717, 1.165) is 22.9 Å². The van der Waals surface area contributed by atoms with Gasteiger partial charge in [-0.3, -0.25) is 4.79 Å². The monoisotopic (exact) mass is 361 g/mol. The molecular weight excluding hydrogens is 346 g/mol. The van der Waals surface area contributed by atoms with E-state index in [1.54, 1.807) is 12.1 Å². The van der Waals surface area contributed by atoms with Gasteiger partial charge in [0.15, 0.2) is 0 Å². The van der Waals surface area contributed by atoms with Gasteiger partial charge in [0.25, 0.3) is 0 Å². The second kappa shape index (κ2) is 8.96. The molecule has 1 aromatic rings. The van der Waals surface area contributed by atoms with Crippen LogP contribution in [0.3, 0.4) is 0 Å². The summed E-state index contributed by atoms with van der Waals surface area (Å²) in [6, 6.07) is 3.34. The molecule has 21 heavy (non-hydrogen) atoms. The van der Waals surface area contributed by atoms with E-state index in [4.69, 9.17) is 14.9 Å². The lowest BCUT2D eigenvalue weighted by molar-refractivity contribution is -0.148. The maximum atomic E-state index is 11.0. The van der Waals surface area contributed by atoms with Crippen LogP contribution in [0.1, 0.15) is 29.3 Å². The van der Waals surface area contributed by atoms with Crippen LogP contribution in [0, 0.1) is 0 Å². The maximum absolute atomic E-state index is 11.0. The zero-order chi connectivity index (χ0) is 16.6. The molecule has 0 bridgehead atoms. The summed E-state index contributed by atoms with van der Waals surface area (Å²) < 4.78 is 5.82. The summed E-state index contributed by atoms with van der Waals surface area (Å²) in [6.07, 6.45) is 1.65. The van der Waals surface area contributed by atoms with E-state index in [1.807, 2.05) is 6.92 Å². The Morgan fingerprint density at radius 1 is 1.29 bits per heavy atom. The van der Waals surface area contributed by atoms with Gasteiger partial charge in [-0.2, -0.15) is 0 Å². The van der Waals surface area contributed by atoms with Crippen molar-refractivity contribution in [2.45, 2.75) is 19.8 Å². The van der Waals surface area contributed by atoms with Crippen LogP contribution in [0.2, 0.25) is 0 Å². The summed E-state index contributed by atoms with van der Waals surface area (Å²) in [5.41, 5.74) is 5.33. The van der Waals surface area contributed by atoms with Crippen LogP contribution in [0.5, 0.6) is 5.75 Å². The molecule has 0 aromatic heterocycles. The Kier molecular flexibility index (Phi) is 8.07. The number of ether oxygens (including phenoxy) is 1. The summed E-state index contributed by atoms with van der Waals surface area (Å²) in [6.45, 7) is 2.02. The summed E-state index contributed by atoms with van der Waals surface area (Å²) in [7, 11) is 1.52. The number of carboxylic acids is 2. The van der Waals surface area contributed by atoms with Crippen LogP contribution in [0.15, 0.2) is 16.6 Å². The van der Waals surface area contributed by atoms with Gasteiger partial charge in [-0.1, -0.05) is 29.3 Å². The quantitative estimate of drug-likeness (QED) is 0.699. The number of primary amides is 1. The molecule has 0 aliphatic carbocycles. The van der Waals surface area contributed by atoms with Gasteiger partial charge in [-0.25, -0.2) is 9.59 Å². The summed E-state index contributed by atoms with van der Waals surface area (Å²) >= 11 is 3.36. The Labute approximate surface area is 129 Å². The normalized spacial score (nSPS) is 9.29. The molecule has 0 aliphatic rings. The second-order valence-corrected chi connectivity index (χ2v) is 4.71. The van der Waals surface area contributed by atoms with Crippen LogP contribution in [0.4, 0.5) is 0 Å². The molecule has 0 saturated heterocycles. The number of aromatic carboxylic acids is 1. The van der Waals surface area contributed by atoms with E-state index in [-0.39, 0.29) is 0 Å². The topological polar surface area (TPSA) is 127 Å². The SMILES string of the molecule is CCCc1c(Br)cc(OC)cc1C(=O)O.NC(=O)C(=O)O. The van der Waals surface area contributed by atoms with Crippen molar-refractivity contribution >= 4 is 33.8 Å². The fourth-order valence-corrected chi connectivity index (χ4v) is 2.06. The maximum Gasteiger partial charge on any atom is 0.394 e. The van der Waals surface area contributed by atoms with Gasteiger partial charge in [0.1, 0.15) is 5.75 Å². The van der Waals surface area contributed by atoms with Gasteiger partial charge < -0.3 is 20.7 Å². The van der Waals surface area contributed by atoms with E-state index in [2.05, 4.69) is 21.7 Å². The number of halogens is 1. The molecule has 116 valence electrons. The summed E-state index contributed by atoms with van der Waals surface area (Å²) in [5, 5.41) is 16.6. The summed E-state index contributed by atoms with van der Waals surface area (Å²) in [5.74, 6) is -3.29. The van der Waals surface area contributed by atoms with Crippen molar-refractivity contribution in [2.75, 3.05) is 7.11 Å². The second-order valence-electron chi connectivity index (χ2n) is 3.86. The molecule has 0 atom stereocenters. The van der Waals surface area contributed by atoms with Gasteiger partial charge in [-0.05, 0) is 24.1 Å². The van der Waals surface area contributed by atoms with Crippen molar-refractivity contribution in [1.29, 1.82) is 0 Å². The molecule has 0 radical (unpaired) electrons. The average molecular weight is 362 g/mol. The fourth-order valence-electron chi connectivity index (χ4n) is 1.42. The largest absolute Gasteiger partial charge is 0.497 e. The predicted molar refractivity (Wildman–Crippen MR) is 78.5 cm³/mol. The van der Waals surface area contributed by atoms with Crippen molar-refractivity contribution in [3.8, 4) is 5.75 Å². The van der Waals surface area contributed by atoms with Crippen LogP contribution in [0.25, 0.3) is 0 Å².